The Morgan fingerprint density at radius 3 is 3.06 bits per heavy atom. The molecular formula is C13H17BrN2O. The first-order valence-corrected chi connectivity index (χ1v) is 6.69. The first kappa shape index (κ1) is 12.6. The lowest BCUT2D eigenvalue weighted by atomic mass is 10.1. The van der Waals surface area contributed by atoms with E-state index in [1.807, 2.05) is 31.3 Å². The van der Waals surface area contributed by atoms with Gasteiger partial charge >= 0.3 is 0 Å². The third-order valence-electron chi connectivity index (χ3n) is 3.04. The molecule has 17 heavy (non-hydrogen) atoms. The van der Waals surface area contributed by atoms with E-state index < -0.39 is 0 Å². The predicted octanol–water partition coefficient (Wildman–Crippen LogP) is 2.16. The minimum Gasteiger partial charge on any atom is -0.340 e. The number of likely N-dealkylation sites (N-methyl/N-ethyl adjacent to an activating group) is 1. The molecule has 3 nitrogen and oxygen atoms in total. The molecule has 2 rings (SSSR count). The number of nitrogens with zero attached hydrogens (tertiary/aromatic N) is 1. The van der Waals surface area contributed by atoms with Crippen LogP contribution in [0.4, 0.5) is 0 Å². The molecule has 0 saturated carbocycles. The van der Waals surface area contributed by atoms with Gasteiger partial charge in [-0.1, -0.05) is 28.1 Å². The molecule has 1 unspecified atom stereocenters. The summed E-state index contributed by atoms with van der Waals surface area (Å²) in [5.41, 5.74) is 1.15. The van der Waals surface area contributed by atoms with Gasteiger partial charge in [-0.15, -0.1) is 0 Å². The third-order valence-corrected chi connectivity index (χ3v) is 3.54. The molecular weight excluding hydrogens is 280 g/mol. The zero-order valence-electron chi connectivity index (χ0n) is 9.95. The summed E-state index contributed by atoms with van der Waals surface area (Å²) in [4.78, 5) is 13.9. The van der Waals surface area contributed by atoms with Crippen LogP contribution in [0.25, 0.3) is 0 Å². The lowest BCUT2D eigenvalue weighted by Crippen LogP contribution is -2.41. The SMILES string of the molecule is CN(Cc1cccc(Br)c1)C(=O)C1CCCN1. The first-order valence-electron chi connectivity index (χ1n) is 5.89. The number of carbonyl (C=O) groups is 1. The fourth-order valence-electron chi connectivity index (χ4n) is 2.15. The molecule has 1 aromatic rings. The van der Waals surface area contributed by atoms with Gasteiger partial charge in [0.1, 0.15) is 0 Å². The maximum Gasteiger partial charge on any atom is 0.239 e. The van der Waals surface area contributed by atoms with Gasteiger partial charge in [-0.25, -0.2) is 0 Å². The van der Waals surface area contributed by atoms with Crippen molar-refractivity contribution in [1.82, 2.24) is 10.2 Å². The van der Waals surface area contributed by atoms with E-state index in [-0.39, 0.29) is 11.9 Å². The third kappa shape index (κ3) is 3.30. The van der Waals surface area contributed by atoms with Crippen molar-refractivity contribution < 1.29 is 4.79 Å². The van der Waals surface area contributed by atoms with Crippen LogP contribution in [0.3, 0.4) is 0 Å². The largest absolute Gasteiger partial charge is 0.340 e. The van der Waals surface area contributed by atoms with Crippen LogP contribution in [-0.2, 0) is 11.3 Å². The first-order chi connectivity index (χ1) is 8.16. The Morgan fingerprint density at radius 1 is 1.59 bits per heavy atom. The highest BCUT2D eigenvalue weighted by atomic mass is 79.9. The molecule has 1 amide bonds. The van der Waals surface area contributed by atoms with Crippen LogP contribution in [0.5, 0.6) is 0 Å². The average molecular weight is 297 g/mol. The van der Waals surface area contributed by atoms with Gasteiger partial charge in [0.15, 0.2) is 0 Å². The molecule has 1 fully saturated rings. The summed E-state index contributed by atoms with van der Waals surface area (Å²) in [6.45, 7) is 1.62. The lowest BCUT2D eigenvalue weighted by Gasteiger charge is -2.21. The summed E-state index contributed by atoms with van der Waals surface area (Å²) in [6, 6.07) is 8.09. The topological polar surface area (TPSA) is 32.3 Å². The maximum atomic E-state index is 12.1. The Balaban J connectivity index is 1.96. The fourth-order valence-corrected chi connectivity index (χ4v) is 2.60. The Morgan fingerprint density at radius 2 is 2.41 bits per heavy atom. The van der Waals surface area contributed by atoms with E-state index >= 15 is 0 Å². The van der Waals surface area contributed by atoms with E-state index in [9.17, 15) is 4.79 Å². The molecule has 1 atom stereocenters. The summed E-state index contributed by atoms with van der Waals surface area (Å²) in [5, 5.41) is 3.23. The number of benzene rings is 1. The smallest absolute Gasteiger partial charge is 0.239 e. The van der Waals surface area contributed by atoms with Crippen molar-refractivity contribution in [2.24, 2.45) is 0 Å². The minimum absolute atomic E-state index is 0.0205. The quantitative estimate of drug-likeness (QED) is 0.927. The van der Waals surface area contributed by atoms with Gasteiger partial charge in [-0.05, 0) is 37.1 Å². The highest BCUT2D eigenvalue weighted by molar-refractivity contribution is 9.10. The van der Waals surface area contributed by atoms with E-state index in [2.05, 4.69) is 21.2 Å². The molecule has 0 spiro atoms. The minimum atomic E-state index is 0.0205. The van der Waals surface area contributed by atoms with Gasteiger partial charge < -0.3 is 10.2 Å². The molecule has 0 bridgehead atoms. The maximum absolute atomic E-state index is 12.1. The van der Waals surface area contributed by atoms with Crippen LogP contribution < -0.4 is 5.32 Å². The predicted molar refractivity (Wildman–Crippen MR) is 71.6 cm³/mol. The van der Waals surface area contributed by atoms with Crippen LogP contribution in [0.2, 0.25) is 0 Å². The normalized spacial score (nSPS) is 19.3. The Labute approximate surface area is 110 Å². The monoisotopic (exact) mass is 296 g/mol. The fraction of sp³-hybridized carbons (Fsp3) is 0.462. The highest BCUT2D eigenvalue weighted by Crippen LogP contribution is 2.14. The number of hydrogen-bond donors (Lipinski definition) is 1. The van der Waals surface area contributed by atoms with Crippen LogP contribution in [0, 0.1) is 0 Å². The van der Waals surface area contributed by atoms with E-state index in [0.29, 0.717) is 6.54 Å². The van der Waals surface area contributed by atoms with Gasteiger partial charge in [0.25, 0.3) is 0 Å². The van der Waals surface area contributed by atoms with Gasteiger partial charge in [-0.3, -0.25) is 4.79 Å². The molecule has 1 aliphatic heterocycles. The molecule has 1 aliphatic rings. The summed E-state index contributed by atoms with van der Waals surface area (Å²) >= 11 is 3.44. The molecule has 1 heterocycles. The molecule has 4 heteroatoms. The summed E-state index contributed by atoms with van der Waals surface area (Å²) < 4.78 is 1.05. The number of hydrogen-bond acceptors (Lipinski definition) is 2. The Bertz CT molecular complexity index is 402. The number of rotatable bonds is 3. The number of amides is 1. The number of carbonyl (C=O) groups excluding carboxylic acids is 1. The average Bonchev–Trinajstić information content (AvgIpc) is 2.81. The second kappa shape index (κ2) is 5.65. The zero-order valence-corrected chi connectivity index (χ0v) is 11.5. The van der Waals surface area contributed by atoms with E-state index in [1.54, 1.807) is 4.90 Å². The van der Waals surface area contributed by atoms with Crippen molar-refractivity contribution in [2.45, 2.75) is 25.4 Å². The van der Waals surface area contributed by atoms with Crippen molar-refractivity contribution in [1.29, 1.82) is 0 Å². The molecule has 1 aromatic carbocycles. The van der Waals surface area contributed by atoms with Crippen molar-refractivity contribution in [3.05, 3.63) is 34.3 Å². The number of halogens is 1. The van der Waals surface area contributed by atoms with Crippen LogP contribution in [-0.4, -0.2) is 30.4 Å². The summed E-state index contributed by atoms with van der Waals surface area (Å²) in [5.74, 6) is 0.197. The second-order valence-electron chi connectivity index (χ2n) is 4.47. The van der Waals surface area contributed by atoms with Crippen LogP contribution in [0.1, 0.15) is 18.4 Å². The van der Waals surface area contributed by atoms with Gasteiger partial charge in [0.2, 0.25) is 5.91 Å². The van der Waals surface area contributed by atoms with Gasteiger partial charge in [0, 0.05) is 18.1 Å². The van der Waals surface area contributed by atoms with E-state index in [1.165, 1.54) is 0 Å². The Hall–Kier alpha value is -0.870. The zero-order chi connectivity index (χ0) is 12.3. The molecule has 92 valence electrons. The van der Waals surface area contributed by atoms with Crippen LogP contribution >= 0.6 is 15.9 Å². The van der Waals surface area contributed by atoms with Crippen LogP contribution in [0.15, 0.2) is 28.7 Å². The molecule has 0 aliphatic carbocycles. The van der Waals surface area contributed by atoms with E-state index in [0.717, 1.165) is 29.4 Å². The lowest BCUT2D eigenvalue weighted by molar-refractivity contribution is -0.132. The van der Waals surface area contributed by atoms with E-state index in [4.69, 9.17) is 0 Å². The van der Waals surface area contributed by atoms with Gasteiger partial charge in [-0.2, -0.15) is 0 Å². The summed E-state index contributed by atoms with van der Waals surface area (Å²) in [6.07, 6.45) is 2.06. The molecule has 1 saturated heterocycles. The van der Waals surface area contributed by atoms with Crippen molar-refractivity contribution >= 4 is 21.8 Å². The Kier molecular flexibility index (Phi) is 4.18. The molecule has 0 aromatic heterocycles. The standard InChI is InChI=1S/C13H17BrN2O/c1-16(13(17)12-6-3-7-15-12)9-10-4-2-5-11(14)8-10/h2,4-5,8,12,15H,3,6-7,9H2,1H3. The van der Waals surface area contributed by atoms with Crippen molar-refractivity contribution in [3.63, 3.8) is 0 Å². The van der Waals surface area contributed by atoms with Gasteiger partial charge in [0.05, 0.1) is 6.04 Å². The molecule has 0 radical (unpaired) electrons. The number of nitrogens with one attached hydrogen (secondary N) is 1. The van der Waals surface area contributed by atoms with Crippen molar-refractivity contribution in [2.75, 3.05) is 13.6 Å². The summed E-state index contributed by atoms with van der Waals surface area (Å²) in [7, 11) is 1.86. The van der Waals surface area contributed by atoms with Crippen molar-refractivity contribution in [3.8, 4) is 0 Å². The highest BCUT2D eigenvalue weighted by Gasteiger charge is 2.24. The molecule has 1 N–H and O–H groups in total. The second-order valence-corrected chi connectivity index (χ2v) is 5.39.